The van der Waals surface area contributed by atoms with Gasteiger partial charge in [-0.3, -0.25) is 9.97 Å². The summed E-state index contributed by atoms with van der Waals surface area (Å²) in [5, 5.41) is 12.0. The molecule has 2 aromatic rings. The smallest absolute Gasteiger partial charge is 0.153 e. The molecule has 0 aliphatic rings. The van der Waals surface area contributed by atoms with Crippen molar-refractivity contribution in [1.29, 1.82) is 0 Å². The second-order valence-corrected chi connectivity index (χ2v) is 11.7. The quantitative estimate of drug-likeness (QED) is 0.0267. The highest BCUT2D eigenvalue weighted by Gasteiger charge is 1.96. The van der Waals surface area contributed by atoms with Crippen molar-refractivity contribution in [2.45, 2.75) is 141 Å². The number of aromatic nitrogens is 2. The first-order valence-electron chi connectivity index (χ1n) is 17.2. The minimum Gasteiger partial charge on any atom is -0.624 e. The van der Waals surface area contributed by atoms with Crippen molar-refractivity contribution >= 4 is 6.21 Å². The highest BCUT2D eigenvalue weighted by Crippen LogP contribution is 2.12. The summed E-state index contributed by atoms with van der Waals surface area (Å²) in [6, 6.07) is 8.40. The minimum absolute atomic E-state index is 0.616. The largest absolute Gasteiger partial charge is 0.624 e. The van der Waals surface area contributed by atoms with Gasteiger partial charge in [0.1, 0.15) is 0 Å². The summed E-state index contributed by atoms with van der Waals surface area (Å²) in [5.41, 5.74) is 2.72. The van der Waals surface area contributed by atoms with E-state index < -0.39 is 0 Å². The van der Waals surface area contributed by atoms with Crippen molar-refractivity contribution in [3.05, 3.63) is 89.7 Å². The van der Waals surface area contributed by atoms with Crippen LogP contribution >= 0.6 is 0 Å². The Kier molecular flexibility index (Phi) is 22.9. The number of hydroxylamine groups is 1. The van der Waals surface area contributed by atoms with Gasteiger partial charge in [0, 0.05) is 37.6 Å². The molecule has 2 rings (SSSR count). The Balaban J connectivity index is 1.27. The van der Waals surface area contributed by atoms with Crippen molar-refractivity contribution < 1.29 is 4.74 Å². The maximum atomic E-state index is 12.0. The van der Waals surface area contributed by atoms with Crippen molar-refractivity contribution in [3.8, 4) is 0 Å². The number of aryl methyl sites for hydroxylation is 2. The van der Waals surface area contributed by atoms with Gasteiger partial charge in [0.15, 0.2) is 12.8 Å². The van der Waals surface area contributed by atoms with E-state index in [2.05, 4.69) is 46.4 Å². The number of pyridine rings is 2. The Labute approximate surface area is 258 Å². The number of allylic oxidation sites excluding steroid dienone is 4. The SMILES string of the molecule is [O-]/[N+](=C\CCC/C=C\CCCCCCCCc1cccnc1)CCC/C=C\CCCCCCCCCc1cccnc1. The minimum atomic E-state index is 0.616. The number of nitrogens with zero attached hydrogens (tertiary/aromatic N) is 3. The van der Waals surface area contributed by atoms with Gasteiger partial charge < -0.3 is 5.21 Å². The number of unbranched alkanes of at least 4 members (excludes halogenated alkanes) is 16. The fraction of sp³-hybridized carbons (Fsp3) is 0.605. The molecule has 0 saturated heterocycles. The van der Waals surface area contributed by atoms with Crippen LogP contribution in [0.4, 0.5) is 0 Å². The topological polar surface area (TPSA) is 51.9 Å². The Morgan fingerprint density at radius 2 is 0.929 bits per heavy atom. The van der Waals surface area contributed by atoms with Gasteiger partial charge in [0.25, 0.3) is 0 Å². The van der Waals surface area contributed by atoms with Gasteiger partial charge in [0.05, 0.1) is 0 Å². The van der Waals surface area contributed by atoms with Crippen molar-refractivity contribution in [2.24, 2.45) is 0 Å². The predicted molar refractivity (Wildman–Crippen MR) is 181 cm³/mol. The summed E-state index contributed by atoms with van der Waals surface area (Å²) < 4.78 is 1.14. The molecule has 0 bridgehead atoms. The lowest BCUT2D eigenvalue weighted by atomic mass is 10.0. The first kappa shape index (κ1) is 35.4. The van der Waals surface area contributed by atoms with Crippen LogP contribution in [0.5, 0.6) is 0 Å². The lowest BCUT2D eigenvalue weighted by Gasteiger charge is -2.03. The molecule has 0 aliphatic heterocycles. The molecule has 0 unspecified atom stereocenters. The van der Waals surface area contributed by atoms with Crippen LogP contribution in [0.15, 0.2) is 73.4 Å². The van der Waals surface area contributed by atoms with E-state index in [0.717, 1.165) is 49.7 Å². The third kappa shape index (κ3) is 21.9. The van der Waals surface area contributed by atoms with Crippen molar-refractivity contribution in [2.75, 3.05) is 6.54 Å². The second-order valence-electron chi connectivity index (χ2n) is 11.7. The number of hydrogen-bond acceptors (Lipinski definition) is 3. The fourth-order valence-corrected chi connectivity index (χ4v) is 5.26. The first-order chi connectivity index (χ1) is 20.8. The van der Waals surface area contributed by atoms with E-state index in [1.54, 1.807) is 0 Å². The summed E-state index contributed by atoms with van der Waals surface area (Å²) in [4.78, 5) is 8.37. The Hall–Kier alpha value is -2.75. The van der Waals surface area contributed by atoms with E-state index in [-0.39, 0.29) is 0 Å². The lowest BCUT2D eigenvalue weighted by molar-refractivity contribution is -0.454. The molecular weight excluding hydrogens is 514 g/mol. The molecule has 232 valence electrons. The van der Waals surface area contributed by atoms with Gasteiger partial charge in [-0.05, 0) is 93.9 Å². The predicted octanol–water partition coefficient (Wildman–Crippen LogP) is 10.8. The molecule has 0 atom stereocenters. The molecule has 2 heterocycles. The highest BCUT2D eigenvalue weighted by atomic mass is 16.5. The monoisotopic (exact) mass is 573 g/mol. The van der Waals surface area contributed by atoms with Gasteiger partial charge >= 0.3 is 0 Å². The van der Waals surface area contributed by atoms with Crippen LogP contribution in [0, 0.1) is 5.21 Å². The van der Waals surface area contributed by atoms with E-state index in [4.69, 9.17) is 0 Å². The highest BCUT2D eigenvalue weighted by molar-refractivity contribution is 5.51. The molecule has 42 heavy (non-hydrogen) atoms. The molecule has 0 amide bonds. The van der Waals surface area contributed by atoms with E-state index in [1.165, 1.54) is 107 Å². The number of hydrogen-bond donors (Lipinski definition) is 0. The van der Waals surface area contributed by atoms with E-state index in [1.807, 2.05) is 43.1 Å². The molecule has 2 aromatic heterocycles. The lowest BCUT2D eigenvalue weighted by Crippen LogP contribution is -2.06. The maximum absolute atomic E-state index is 12.0. The normalized spacial score (nSPS) is 12.1. The maximum Gasteiger partial charge on any atom is 0.153 e. The Bertz CT molecular complexity index is 939. The van der Waals surface area contributed by atoms with E-state index in [0.29, 0.717) is 6.54 Å². The van der Waals surface area contributed by atoms with E-state index in [9.17, 15) is 5.21 Å². The van der Waals surface area contributed by atoms with Gasteiger partial charge in [-0.25, -0.2) is 4.74 Å². The molecule has 0 radical (unpaired) electrons. The molecule has 0 N–H and O–H groups in total. The van der Waals surface area contributed by atoms with Crippen LogP contribution in [0.1, 0.15) is 140 Å². The summed E-state index contributed by atoms with van der Waals surface area (Å²) in [5.74, 6) is 0. The third-order valence-corrected chi connectivity index (χ3v) is 7.86. The summed E-state index contributed by atoms with van der Waals surface area (Å²) in [7, 11) is 0. The van der Waals surface area contributed by atoms with Crippen LogP contribution in [-0.4, -0.2) is 27.5 Å². The fourth-order valence-electron chi connectivity index (χ4n) is 5.26. The molecule has 4 heteroatoms. The average molecular weight is 574 g/mol. The van der Waals surface area contributed by atoms with Gasteiger partial charge in [-0.1, -0.05) is 94.2 Å². The summed E-state index contributed by atoms with van der Waals surface area (Å²) >= 11 is 0. The van der Waals surface area contributed by atoms with Gasteiger partial charge in [0.2, 0.25) is 0 Å². The van der Waals surface area contributed by atoms with Gasteiger partial charge in [-0.15, -0.1) is 0 Å². The molecular formula is C38H59N3O. The first-order valence-corrected chi connectivity index (χ1v) is 17.2. The van der Waals surface area contributed by atoms with Crippen molar-refractivity contribution in [1.82, 2.24) is 9.97 Å². The van der Waals surface area contributed by atoms with Crippen LogP contribution in [0.25, 0.3) is 0 Å². The zero-order chi connectivity index (χ0) is 29.6. The van der Waals surface area contributed by atoms with Crippen molar-refractivity contribution in [3.63, 3.8) is 0 Å². The standard InChI is InChI=1S/C38H59N3O/c42-41(33-23-19-15-11-7-3-1-5-9-13-17-21-27-37-29-25-31-39-35-37)34-24-20-16-12-8-4-2-6-10-14-18-22-28-38-30-26-32-40-36-38/h7,11-12,16,25-26,29-33,35-36H,1-6,8-10,13-15,17-24,27-28,34H2/b11-7-,16-12-,41-33-. The zero-order valence-electron chi connectivity index (χ0n) is 26.5. The Morgan fingerprint density at radius 3 is 1.40 bits per heavy atom. The van der Waals surface area contributed by atoms with E-state index >= 15 is 0 Å². The van der Waals surface area contributed by atoms with Crippen LogP contribution in [-0.2, 0) is 12.8 Å². The second kappa shape index (κ2) is 27.1. The van der Waals surface area contributed by atoms with Crippen LogP contribution in [0.2, 0.25) is 0 Å². The summed E-state index contributed by atoms with van der Waals surface area (Å²) in [6.07, 6.45) is 45.6. The average Bonchev–Trinajstić information content (AvgIpc) is 3.02. The van der Waals surface area contributed by atoms with Crippen LogP contribution < -0.4 is 0 Å². The molecule has 0 saturated carbocycles. The van der Waals surface area contributed by atoms with Gasteiger partial charge in [-0.2, -0.15) is 0 Å². The third-order valence-electron chi connectivity index (χ3n) is 7.86. The number of rotatable bonds is 27. The summed E-state index contributed by atoms with van der Waals surface area (Å²) in [6.45, 7) is 0.616. The molecule has 0 aromatic carbocycles. The zero-order valence-corrected chi connectivity index (χ0v) is 26.5. The molecule has 0 spiro atoms. The molecule has 0 fully saturated rings. The van der Waals surface area contributed by atoms with Crippen LogP contribution in [0.3, 0.4) is 0 Å². The molecule has 4 nitrogen and oxygen atoms in total. The molecule has 0 aliphatic carbocycles. The Morgan fingerprint density at radius 1 is 0.500 bits per heavy atom.